The first-order valence-corrected chi connectivity index (χ1v) is 8.77. The fourth-order valence-electron chi connectivity index (χ4n) is 2.58. The van der Waals surface area contributed by atoms with Crippen molar-refractivity contribution >= 4 is 46.0 Å². The summed E-state index contributed by atoms with van der Waals surface area (Å²) in [6.45, 7) is 1.50. The number of hydrogen-bond acceptors (Lipinski definition) is 5. The van der Waals surface area contributed by atoms with Crippen molar-refractivity contribution in [2.45, 2.75) is 18.9 Å². The van der Waals surface area contributed by atoms with Crippen LogP contribution < -0.4 is 15.5 Å². The molecule has 1 fully saturated rings. The fraction of sp³-hybridized carbons (Fsp3) is 0.353. The first-order valence-electron chi connectivity index (χ1n) is 7.98. The molecule has 0 unspecified atom stereocenters. The maximum atomic E-state index is 6.21. The van der Waals surface area contributed by atoms with Crippen LogP contribution in [0.3, 0.4) is 0 Å². The summed E-state index contributed by atoms with van der Waals surface area (Å²) in [6, 6.07) is 7.51. The van der Waals surface area contributed by atoms with Gasteiger partial charge >= 0.3 is 0 Å². The van der Waals surface area contributed by atoms with Crippen LogP contribution in [0, 0.1) is 0 Å². The first kappa shape index (κ1) is 17.8. The van der Waals surface area contributed by atoms with E-state index in [9.17, 15) is 0 Å². The van der Waals surface area contributed by atoms with Crippen molar-refractivity contribution < 1.29 is 9.47 Å². The maximum Gasteiger partial charge on any atom is 0.187 e. The highest BCUT2D eigenvalue weighted by atomic mass is 35.5. The van der Waals surface area contributed by atoms with Crippen molar-refractivity contribution in [1.29, 1.82) is 0 Å². The third kappa shape index (κ3) is 4.78. The lowest BCUT2D eigenvalue weighted by Gasteiger charge is -2.11. The van der Waals surface area contributed by atoms with Crippen molar-refractivity contribution in [1.82, 2.24) is 15.7 Å². The van der Waals surface area contributed by atoms with Crippen LogP contribution in [0.5, 0.6) is 5.75 Å². The molecule has 1 saturated heterocycles. The van der Waals surface area contributed by atoms with E-state index in [1.165, 1.54) is 0 Å². The lowest BCUT2D eigenvalue weighted by atomic mass is 10.1. The summed E-state index contributed by atoms with van der Waals surface area (Å²) in [7, 11) is 1.63. The van der Waals surface area contributed by atoms with Crippen molar-refractivity contribution in [3.05, 3.63) is 35.0 Å². The third-order valence-corrected chi connectivity index (χ3v) is 4.42. The molecule has 2 aromatic rings. The highest BCUT2D eigenvalue weighted by Crippen LogP contribution is 2.23. The van der Waals surface area contributed by atoms with E-state index >= 15 is 0 Å². The SMILES string of the molecule is COc1ccc2nc(Cl)c(/C=N\NC(=S)NC[C@@H]3CCCO3)cc2c1. The molecule has 0 amide bonds. The summed E-state index contributed by atoms with van der Waals surface area (Å²) >= 11 is 11.4. The van der Waals surface area contributed by atoms with Gasteiger partial charge in [-0.3, -0.25) is 5.43 Å². The molecule has 1 aliphatic rings. The second-order valence-corrected chi connectivity index (χ2v) is 6.41. The van der Waals surface area contributed by atoms with Crippen LogP contribution >= 0.6 is 23.8 Å². The standard InChI is InChI=1S/C17H19ClN4O2S/c1-23-13-4-5-15-11(8-13)7-12(16(18)21-15)9-20-22-17(25)19-10-14-3-2-6-24-14/h4-5,7-9,14H,2-3,6,10H2,1H3,(H2,19,22,25)/b20-9-/t14-/m0/s1. The minimum atomic E-state index is 0.220. The van der Waals surface area contributed by atoms with Crippen LogP contribution in [0.2, 0.25) is 5.15 Å². The van der Waals surface area contributed by atoms with Crippen molar-refractivity contribution in [2.24, 2.45) is 5.10 Å². The predicted molar refractivity (Wildman–Crippen MR) is 104 cm³/mol. The fourth-order valence-corrected chi connectivity index (χ4v) is 2.91. The second-order valence-electron chi connectivity index (χ2n) is 5.64. The lowest BCUT2D eigenvalue weighted by molar-refractivity contribution is 0.114. The molecule has 1 aliphatic heterocycles. The Morgan fingerprint density at radius 1 is 1.52 bits per heavy atom. The minimum Gasteiger partial charge on any atom is -0.497 e. The normalized spacial score (nSPS) is 17.1. The van der Waals surface area contributed by atoms with Crippen LogP contribution in [0.25, 0.3) is 10.9 Å². The average Bonchev–Trinajstić information content (AvgIpc) is 3.13. The Morgan fingerprint density at radius 2 is 2.40 bits per heavy atom. The van der Waals surface area contributed by atoms with Gasteiger partial charge in [0.2, 0.25) is 0 Å². The van der Waals surface area contributed by atoms with Gasteiger partial charge in [-0.05, 0) is 49.3 Å². The van der Waals surface area contributed by atoms with Gasteiger partial charge in [0.15, 0.2) is 5.11 Å². The van der Waals surface area contributed by atoms with Crippen molar-refractivity contribution in [3.8, 4) is 5.75 Å². The van der Waals surface area contributed by atoms with Gasteiger partial charge < -0.3 is 14.8 Å². The quantitative estimate of drug-likeness (QED) is 0.361. The Hall–Kier alpha value is -1.96. The summed E-state index contributed by atoms with van der Waals surface area (Å²) < 4.78 is 10.8. The number of ether oxygens (including phenoxy) is 2. The van der Waals surface area contributed by atoms with E-state index in [2.05, 4.69) is 20.8 Å². The molecule has 3 rings (SSSR count). The Balaban J connectivity index is 1.61. The number of halogens is 1. The topological polar surface area (TPSA) is 67.8 Å². The predicted octanol–water partition coefficient (Wildman–Crippen LogP) is 2.87. The zero-order valence-corrected chi connectivity index (χ0v) is 15.4. The van der Waals surface area contributed by atoms with Gasteiger partial charge in [-0.2, -0.15) is 5.10 Å². The highest BCUT2D eigenvalue weighted by molar-refractivity contribution is 7.80. The van der Waals surface area contributed by atoms with Gasteiger partial charge in [0, 0.05) is 24.1 Å². The molecule has 1 atom stereocenters. The Bertz CT molecular complexity index is 794. The van der Waals surface area contributed by atoms with E-state index in [4.69, 9.17) is 33.3 Å². The van der Waals surface area contributed by atoms with Gasteiger partial charge in [-0.25, -0.2) is 4.98 Å². The number of fused-ring (bicyclic) bond motifs is 1. The number of pyridine rings is 1. The van der Waals surface area contributed by atoms with Gasteiger partial charge in [-0.1, -0.05) is 11.6 Å². The van der Waals surface area contributed by atoms with Crippen LogP contribution in [0.4, 0.5) is 0 Å². The molecular weight excluding hydrogens is 360 g/mol. The molecule has 2 heterocycles. The monoisotopic (exact) mass is 378 g/mol. The smallest absolute Gasteiger partial charge is 0.187 e. The number of thiocarbonyl (C=S) groups is 1. The number of rotatable bonds is 5. The van der Waals surface area contributed by atoms with Gasteiger partial charge in [0.05, 0.1) is 24.9 Å². The van der Waals surface area contributed by atoms with Crippen molar-refractivity contribution in [3.63, 3.8) is 0 Å². The van der Waals surface area contributed by atoms with E-state index in [1.807, 2.05) is 24.3 Å². The molecule has 1 aromatic heterocycles. The zero-order valence-electron chi connectivity index (χ0n) is 13.8. The largest absolute Gasteiger partial charge is 0.497 e. The number of nitrogens with one attached hydrogen (secondary N) is 2. The van der Waals surface area contributed by atoms with Crippen molar-refractivity contribution in [2.75, 3.05) is 20.3 Å². The Labute approximate surface area is 156 Å². The number of hydrazone groups is 1. The van der Waals surface area contributed by atoms with Crippen LogP contribution in [0.15, 0.2) is 29.4 Å². The highest BCUT2D eigenvalue weighted by Gasteiger charge is 2.15. The molecule has 2 N–H and O–H groups in total. The zero-order chi connectivity index (χ0) is 17.6. The number of aromatic nitrogens is 1. The average molecular weight is 379 g/mol. The Kier molecular flexibility index (Phi) is 6.01. The van der Waals surface area contributed by atoms with E-state index < -0.39 is 0 Å². The summed E-state index contributed by atoms with van der Waals surface area (Å²) in [5.74, 6) is 0.761. The van der Waals surface area contributed by atoms with Gasteiger partial charge in [-0.15, -0.1) is 0 Å². The molecule has 25 heavy (non-hydrogen) atoms. The molecule has 1 aromatic carbocycles. The van der Waals surface area contributed by atoms with E-state index in [1.54, 1.807) is 13.3 Å². The van der Waals surface area contributed by atoms with Crippen LogP contribution in [-0.4, -0.2) is 42.7 Å². The van der Waals surface area contributed by atoms with Gasteiger partial charge in [0.25, 0.3) is 0 Å². The number of nitrogens with zero attached hydrogens (tertiary/aromatic N) is 2. The van der Waals surface area contributed by atoms with Crippen LogP contribution in [-0.2, 0) is 4.74 Å². The summed E-state index contributed by atoms with van der Waals surface area (Å²) in [4.78, 5) is 4.36. The number of hydrogen-bond donors (Lipinski definition) is 2. The van der Waals surface area contributed by atoms with E-state index in [0.717, 1.165) is 36.1 Å². The van der Waals surface area contributed by atoms with Crippen LogP contribution in [0.1, 0.15) is 18.4 Å². The molecule has 8 heteroatoms. The Morgan fingerprint density at radius 3 is 3.16 bits per heavy atom. The molecule has 0 aliphatic carbocycles. The molecule has 0 bridgehead atoms. The molecule has 0 radical (unpaired) electrons. The molecular formula is C17H19ClN4O2S. The summed E-state index contributed by atoms with van der Waals surface area (Å²) in [5, 5.41) is 8.95. The summed E-state index contributed by atoms with van der Waals surface area (Å²) in [6.07, 6.45) is 3.97. The number of benzene rings is 1. The number of methoxy groups -OCH3 is 1. The first-order chi connectivity index (χ1) is 12.2. The molecule has 132 valence electrons. The third-order valence-electron chi connectivity index (χ3n) is 3.89. The van der Waals surface area contributed by atoms with Gasteiger partial charge in [0.1, 0.15) is 10.9 Å². The maximum absolute atomic E-state index is 6.21. The lowest BCUT2D eigenvalue weighted by Crippen LogP contribution is -2.37. The molecule has 0 saturated carbocycles. The minimum absolute atomic E-state index is 0.220. The van der Waals surface area contributed by atoms with E-state index in [-0.39, 0.29) is 6.10 Å². The van der Waals surface area contributed by atoms with E-state index in [0.29, 0.717) is 22.4 Å². The molecule has 6 nitrogen and oxygen atoms in total. The second kappa shape index (κ2) is 8.42. The summed E-state index contributed by atoms with van der Waals surface area (Å²) in [5.41, 5.74) is 4.26. The molecule has 0 spiro atoms.